The van der Waals surface area contributed by atoms with Crippen LogP contribution < -0.4 is 5.73 Å². The van der Waals surface area contributed by atoms with E-state index in [1.807, 2.05) is 13.0 Å². The molecule has 0 aliphatic heterocycles. The fourth-order valence-electron chi connectivity index (χ4n) is 2.31. The largest absolute Gasteiger partial charge is 0.388 e. The molecule has 0 aliphatic rings. The fraction of sp³-hybridized carbons (Fsp3) is 0.250. The number of hydrogen-bond acceptors (Lipinski definition) is 2. The van der Waals surface area contributed by atoms with Crippen LogP contribution in [0.5, 0.6) is 0 Å². The number of benzene rings is 2. The average Bonchev–Trinajstić information content (AvgIpc) is 2.44. The quantitative estimate of drug-likeness (QED) is 0.883. The number of aryl methyl sites for hydroxylation is 1. The highest BCUT2D eigenvalue weighted by molar-refractivity contribution is 6.31. The van der Waals surface area contributed by atoms with Gasteiger partial charge in [-0.3, -0.25) is 0 Å². The molecule has 0 bridgehead atoms. The van der Waals surface area contributed by atoms with E-state index in [0.717, 1.165) is 5.56 Å². The van der Waals surface area contributed by atoms with Crippen molar-refractivity contribution in [2.75, 3.05) is 6.54 Å². The lowest BCUT2D eigenvalue weighted by Crippen LogP contribution is -2.20. The number of halogens is 3. The molecule has 0 amide bonds. The first kappa shape index (κ1) is 16.2. The summed E-state index contributed by atoms with van der Waals surface area (Å²) in [5.41, 5.74) is 7.98. The molecular weight excluding hydrogens is 312 g/mol. The average molecular weight is 328 g/mol. The minimum Gasteiger partial charge on any atom is -0.388 e. The molecule has 0 saturated heterocycles. The normalized spacial score (nSPS) is 14.0. The number of hydrogen-bond donors (Lipinski definition) is 2. The highest BCUT2D eigenvalue weighted by Crippen LogP contribution is 2.35. The van der Waals surface area contributed by atoms with Crippen LogP contribution in [0.4, 0.5) is 4.39 Å². The van der Waals surface area contributed by atoms with E-state index in [4.69, 9.17) is 28.9 Å². The van der Waals surface area contributed by atoms with Crippen LogP contribution in [-0.2, 0) is 0 Å². The standard InChI is InChI=1S/C16H16Cl2FNO/c1-9-6-10(2-5-14(9)17)16(21)13(8-20)12-4-3-11(19)7-15(12)18/h2-7,13,16,21H,8,20H2,1H3. The summed E-state index contributed by atoms with van der Waals surface area (Å²) in [6.45, 7) is 2.05. The zero-order chi connectivity index (χ0) is 15.6. The van der Waals surface area contributed by atoms with Gasteiger partial charge in [0.15, 0.2) is 0 Å². The number of rotatable bonds is 4. The van der Waals surface area contributed by atoms with E-state index < -0.39 is 17.8 Å². The van der Waals surface area contributed by atoms with Gasteiger partial charge in [0.2, 0.25) is 0 Å². The summed E-state index contributed by atoms with van der Waals surface area (Å²) in [5, 5.41) is 11.5. The molecule has 0 spiro atoms. The lowest BCUT2D eigenvalue weighted by atomic mass is 9.88. The van der Waals surface area contributed by atoms with Crippen molar-refractivity contribution in [3.05, 3.63) is 69.0 Å². The van der Waals surface area contributed by atoms with E-state index in [1.165, 1.54) is 12.1 Å². The Bertz CT molecular complexity index is 648. The van der Waals surface area contributed by atoms with Gasteiger partial charge < -0.3 is 10.8 Å². The summed E-state index contributed by atoms with van der Waals surface area (Å²) in [6.07, 6.45) is -0.839. The second-order valence-electron chi connectivity index (χ2n) is 4.96. The van der Waals surface area contributed by atoms with Crippen molar-refractivity contribution in [2.24, 2.45) is 5.73 Å². The van der Waals surface area contributed by atoms with Crippen molar-refractivity contribution in [1.82, 2.24) is 0 Å². The Morgan fingerprint density at radius 2 is 1.86 bits per heavy atom. The Morgan fingerprint density at radius 1 is 1.14 bits per heavy atom. The topological polar surface area (TPSA) is 46.2 Å². The van der Waals surface area contributed by atoms with E-state index in [9.17, 15) is 9.50 Å². The van der Waals surface area contributed by atoms with Crippen LogP contribution in [0.1, 0.15) is 28.7 Å². The van der Waals surface area contributed by atoms with E-state index in [-0.39, 0.29) is 11.6 Å². The highest BCUT2D eigenvalue weighted by atomic mass is 35.5. The molecule has 3 N–H and O–H groups in total. The van der Waals surface area contributed by atoms with Gasteiger partial charge in [0.05, 0.1) is 6.10 Å². The summed E-state index contributed by atoms with van der Waals surface area (Å²) >= 11 is 12.1. The molecule has 2 unspecified atom stereocenters. The molecule has 0 heterocycles. The van der Waals surface area contributed by atoms with E-state index >= 15 is 0 Å². The third-order valence-corrected chi connectivity index (χ3v) is 4.27. The van der Waals surface area contributed by atoms with Crippen LogP contribution in [0.25, 0.3) is 0 Å². The predicted octanol–water partition coefficient (Wildman–Crippen LogP) is 4.22. The Hall–Kier alpha value is -1.13. The highest BCUT2D eigenvalue weighted by Gasteiger charge is 2.24. The Balaban J connectivity index is 2.37. The van der Waals surface area contributed by atoms with Gasteiger partial charge in [-0.1, -0.05) is 41.4 Å². The maximum absolute atomic E-state index is 13.1. The van der Waals surface area contributed by atoms with Crippen molar-refractivity contribution in [2.45, 2.75) is 18.9 Å². The number of aliphatic hydroxyl groups is 1. The minimum absolute atomic E-state index is 0.189. The van der Waals surface area contributed by atoms with Gasteiger partial charge in [-0.2, -0.15) is 0 Å². The van der Waals surface area contributed by atoms with Crippen molar-refractivity contribution in [1.29, 1.82) is 0 Å². The zero-order valence-corrected chi connectivity index (χ0v) is 13.0. The first-order valence-electron chi connectivity index (χ1n) is 6.53. The Kier molecular flexibility index (Phi) is 5.22. The zero-order valence-electron chi connectivity index (χ0n) is 11.5. The molecule has 2 aromatic rings. The van der Waals surface area contributed by atoms with Crippen molar-refractivity contribution in [3.8, 4) is 0 Å². The smallest absolute Gasteiger partial charge is 0.124 e. The Morgan fingerprint density at radius 3 is 2.43 bits per heavy atom. The van der Waals surface area contributed by atoms with Crippen LogP contribution in [0.3, 0.4) is 0 Å². The van der Waals surface area contributed by atoms with E-state index in [1.54, 1.807) is 18.2 Å². The van der Waals surface area contributed by atoms with Gasteiger partial charge >= 0.3 is 0 Å². The van der Waals surface area contributed by atoms with Gasteiger partial charge in [0, 0.05) is 22.5 Å². The maximum atomic E-state index is 13.1. The Labute approximate surface area is 133 Å². The third kappa shape index (κ3) is 3.55. The molecule has 2 rings (SSSR count). The van der Waals surface area contributed by atoms with Crippen LogP contribution in [0.2, 0.25) is 10.0 Å². The van der Waals surface area contributed by atoms with E-state index in [0.29, 0.717) is 16.1 Å². The van der Waals surface area contributed by atoms with Crippen LogP contribution in [0, 0.1) is 12.7 Å². The van der Waals surface area contributed by atoms with Crippen LogP contribution >= 0.6 is 23.2 Å². The number of aliphatic hydroxyl groups excluding tert-OH is 1. The van der Waals surface area contributed by atoms with Crippen molar-refractivity contribution in [3.63, 3.8) is 0 Å². The molecule has 0 aliphatic carbocycles. The molecule has 2 atom stereocenters. The van der Waals surface area contributed by atoms with Gasteiger partial charge in [-0.25, -0.2) is 4.39 Å². The molecule has 0 fully saturated rings. The molecule has 2 nitrogen and oxygen atoms in total. The molecule has 0 saturated carbocycles. The molecule has 0 aromatic heterocycles. The second kappa shape index (κ2) is 6.75. The SMILES string of the molecule is Cc1cc(C(O)C(CN)c2ccc(F)cc2Cl)ccc1Cl. The summed E-state index contributed by atoms with van der Waals surface area (Å²) in [6, 6.07) is 9.38. The van der Waals surface area contributed by atoms with Crippen LogP contribution in [0.15, 0.2) is 36.4 Å². The third-order valence-electron chi connectivity index (χ3n) is 3.52. The summed E-state index contributed by atoms with van der Waals surface area (Å²) in [7, 11) is 0. The van der Waals surface area contributed by atoms with Crippen molar-refractivity contribution >= 4 is 23.2 Å². The molecule has 0 radical (unpaired) electrons. The van der Waals surface area contributed by atoms with Crippen LogP contribution in [-0.4, -0.2) is 11.7 Å². The molecule has 112 valence electrons. The molecular formula is C16H16Cl2FNO. The first-order chi connectivity index (χ1) is 9.93. The lowest BCUT2D eigenvalue weighted by molar-refractivity contribution is 0.147. The first-order valence-corrected chi connectivity index (χ1v) is 7.28. The van der Waals surface area contributed by atoms with Gasteiger partial charge in [0.25, 0.3) is 0 Å². The lowest BCUT2D eigenvalue weighted by Gasteiger charge is -2.23. The minimum atomic E-state index is -0.839. The number of nitrogens with two attached hydrogens (primary N) is 1. The fourth-order valence-corrected chi connectivity index (χ4v) is 2.74. The molecule has 2 aromatic carbocycles. The van der Waals surface area contributed by atoms with Crippen molar-refractivity contribution < 1.29 is 9.50 Å². The predicted molar refractivity (Wildman–Crippen MR) is 84.4 cm³/mol. The van der Waals surface area contributed by atoms with Gasteiger partial charge in [-0.05, 0) is 41.8 Å². The van der Waals surface area contributed by atoms with E-state index in [2.05, 4.69) is 0 Å². The maximum Gasteiger partial charge on any atom is 0.124 e. The van der Waals surface area contributed by atoms with Gasteiger partial charge in [-0.15, -0.1) is 0 Å². The summed E-state index contributed by atoms with van der Waals surface area (Å²) < 4.78 is 13.1. The molecule has 21 heavy (non-hydrogen) atoms. The monoisotopic (exact) mass is 327 g/mol. The molecule has 5 heteroatoms. The summed E-state index contributed by atoms with van der Waals surface area (Å²) in [5.74, 6) is -0.838. The van der Waals surface area contributed by atoms with Gasteiger partial charge in [0.1, 0.15) is 5.82 Å². The second-order valence-corrected chi connectivity index (χ2v) is 5.78. The summed E-state index contributed by atoms with van der Waals surface area (Å²) in [4.78, 5) is 0.